The maximum absolute atomic E-state index is 5.49. The average molecular weight is 194 g/mol. The van der Waals surface area contributed by atoms with Crippen molar-refractivity contribution in [2.24, 2.45) is 0 Å². The Morgan fingerprint density at radius 1 is 1.43 bits per heavy atom. The van der Waals surface area contributed by atoms with E-state index in [2.05, 4.69) is 24.1 Å². The van der Waals surface area contributed by atoms with Gasteiger partial charge in [-0.25, -0.2) is 0 Å². The summed E-state index contributed by atoms with van der Waals surface area (Å²) in [5.41, 5.74) is 1.01. The van der Waals surface area contributed by atoms with Crippen LogP contribution in [0.25, 0.3) is 0 Å². The van der Waals surface area contributed by atoms with Crippen molar-refractivity contribution in [3.63, 3.8) is 0 Å². The Bertz CT molecular complexity index is 256. The Morgan fingerprint density at radius 3 is 2.79 bits per heavy atom. The van der Waals surface area contributed by atoms with Crippen LogP contribution in [0.5, 0.6) is 5.75 Å². The number of aryl methyl sites for hydroxylation is 1. The van der Waals surface area contributed by atoms with Crippen molar-refractivity contribution in [2.75, 3.05) is 13.2 Å². The molecule has 3 heteroatoms. The van der Waals surface area contributed by atoms with Gasteiger partial charge in [0.2, 0.25) is 0 Å². The zero-order chi connectivity index (χ0) is 10.4. The first-order valence-corrected chi connectivity index (χ1v) is 4.97. The highest BCUT2D eigenvalue weighted by atomic mass is 16.5. The predicted molar refractivity (Wildman–Crippen MR) is 57.6 cm³/mol. The number of pyridine rings is 1. The first-order chi connectivity index (χ1) is 6.68. The molecule has 78 valence electrons. The van der Waals surface area contributed by atoms with Crippen molar-refractivity contribution >= 4 is 0 Å². The molecule has 0 radical (unpaired) electrons. The normalized spacial score (nSPS) is 10.6. The molecule has 0 saturated carbocycles. The van der Waals surface area contributed by atoms with Crippen LogP contribution < -0.4 is 10.1 Å². The Kier molecular flexibility index (Phi) is 4.40. The fourth-order valence-corrected chi connectivity index (χ4v) is 1.06. The standard InChI is InChI=1S/C11H18N2O/c1-9(2)12-6-7-14-11-5-4-10(3)13-8-11/h4-5,8-9,12H,6-7H2,1-3H3. The maximum Gasteiger partial charge on any atom is 0.137 e. The van der Waals surface area contributed by atoms with E-state index in [0.717, 1.165) is 18.0 Å². The minimum atomic E-state index is 0.509. The van der Waals surface area contributed by atoms with E-state index in [-0.39, 0.29) is 0 Å². The van der Waals surface area contributed by atoms with Crippen molar-refractivity contribution in [1.29, 1.82) is 0 Å². The van der Waals surface area contributed by atoms with Gasteiger partial charge in [0, 0.05) is 18.3 Å². The molecule has 1 heterocycles. The van der Waals surface area contributed by atoms with Gasteiger partial charge in [0.25, 0.3) is 0 Å². The molecule has 1 rings (SSSR count). The van der Waals surface area contributed by atoms with E-state index in [4.69, 9.17) is 4.74 Å². The van der Waals surface area contributed by atoms with Gasteiger partial charge in [-0.15, -0.1) is 0 Å². The third-order valence-electron chi connectivity index (χ3n) is 1.81. The summed E-state index contributed by atoms with van der Waals surface area (Å²) in [5.74, 6) is 0.834. The molecule has 14 heavy (non-hydrogen) atoms. The van der Waals surface area contributed by atoms with Crippen molar-refractivity contribution in [3.05, 3.63) is 24.0 Å². The molecule has 0 aliphatic heterocycles. The minimum absolute atomic E-state index is 0.509. The van der Waals surface area contributed by atoms with Gasteiger partial charge in [-0.05, 0) is 19.1 Å². The first kappa shape index (κ1) is 11.0. The van der Waals surface area contributed by atoms with Crippen LogP contribution in [0.1, 0.15) is 19.5 Å². The van der Waals surface area contributed by atoms with Crippen molar-refractivity contribution in [1.82, 2.24) is 10.3 Å². The van der Waals surface area contributed by atoms with Gasteiger partial charge >= 0.3 is 0 Å². The third-order valence-corrected chi connectivity index (χ3v) is 1.81. The monoisotopic (exact) mass is 194 g/mol. The van der Waals surface area contributed by atoms with Crippen LogP contribution in [-0.4, -0.2) is 24.2 Å². The molecule has 1 aromatic rings. The van der Waals surface area contributed by atoms with Crippen LogP contribution in [0.3, 0.4) is 0 Å². The fraction of sp³-hybridized carbons (Fsp3) is 0.545. The van der Waals surface area contributed by atoms with E-state index in [9.17, 15) is 0 Å². The molecule has 0 bridgehead atoms. The van der Waals surface area contributed by atoms with Crippen LogP contribution >= 0.6 is 0 Å². The summed E-state index contributed by atoms with van der Waals surface area (Å²) in [6.07, 6.45) is 1.75. The molecule has 0 spiro atoms. The molecule has 3 nitrogen and oxygen atoms in total. The number of hydrogen-bond donors (Lipinski definition) is 1. The molecule has 0 aliphatic rings. The zero-order valence-corrected chi connectivity index (χ0v) is 9.08. The van der Waals surface area contributed by atoms with Gasteiger partial charge in [0.15, 0.2) is 0 Å². The predicted octanol–water partition coefficient (Wildman–Crippen LogP) is 1.77. The second kappa shape index (κ2) is 5.60. The van der Waals surface area contributed by atoms with Gasteiger partial charge in [0.1, 0.15) is 12.4 Å². The second-order valence-corrected chi connectivity index (χ2v) is 3.59. The Hall–Kier alpha value is -1.09. The number of hydrogen-bond acceptors (Lipinski definition) is 3. The summed E-state index contributed by atoms with van der Waals surface area (Å²) < 4.78 is 5.49. The first-order valence-electron chi connectivity index (χ1n) is 4.97. The molecule has 1 aromatic heterocycles. The molecule has 0 unspecified atom stereocenters. The van der Waals surface area contributed by atoms with Gasteiger partial charge < -0.3 is 10.1 Å². The molecule has 0 fully saturated rings. The Balaban J connectivity index is 2.21. The summed E-state index contributed by atoms with van der Waals surface area (Å²) in [6.45, 7) is 7.75. The van der Waals surface area contributed by atoms with Gasteiger partial charge in [0.05, 0.1) is 6.20 Å². The molecule has 1 N–H and O–H groups in total. The maximum atomic E-state index is 5.49. The molecule has 0 amide bonds. The lowest BCUT2D eigenvalue weighted by Crippen LogP contribution is -2.27. The summed E-state index contributed by atoms with van der Waals surface area (Å²) in [6, 6.07) is 4.40. The van der Waals surface area contributed by atoms with Crippen molar-refractivity contribution in [3.8, 4) is 5.75 Å². The number of ether oxygens (including phenoxy) is 1. The third kappa shape index (κ3) is 4.23. The van der Waals surface area contributed by atoms with Crippen LogP contribution in [0.4, 0.5) is 0 Å². The molecular weight excluding hydrogens is 176 g/mol. The highest BCUT2D eigenvalue weighted by Crippen LogP contribution is 2.07. The fourth-order valence-electron chi connectivity index (χ4n) is 1.06. The zero-order valence-electron chi connectivity index (χ0n) is 9.08. The van der Waals surface area contributed by atoms with Crippen molar-refractivity contribution in [2.45, 2.75) is 26.8 Å². The summed E-state index contributed by atoms with van der Waals surface area (Å²) in [5, 5.41) is 3.28. The number of nitrogens with zero attached hydrogens (tertiary/aromatic N) is 1. The molecule has 0 atom stereocenters. The molecular formula is C11H18N2O. The van der Waals surface area contributed by atoms with Crippen molar-refractivity contribution < 1.29 is 4.74 Å². The highest BCUT2D eigenvalue weighted by Gasteiger charge is 1.94. The van der Waals surface area contributed by atoms with Gasteiger partial charge in [-0.2, -0.15) is 0 Å². The molecule has 0 saturated heterocycles. The molecule has 0 aromatic carbocycles. The molecule has 0 aliphatic carbocycles. The Labute approximate surface area is 85.5 Å². The quantitative estimate of drug-likeness (QED) is 0.725. The largest absolute Gasteiger partial charge is 0.491 e. The summed E-state index contributed by atoms with van der Waals surface area (Å²) in [7, 11) is 0. The van der Waals surface area contributed by atoms with Crippen LogP contribution in [0.2, 0.25) is 0 Å². The smallest absolute Gasteiger partial charge is 0.137 e. The van der Waals surface area contributed by atoms with Gasteiger partial charge in [-0.3, -0.25) is 4.98 Å². The van der Waals surface area contributed by atoms with E-state index in [1.165, 1.54) is 0 Å². The number of rotatable bonds is 5. The van der Waals surface area contributed by atoms with E-state index < -0.39 is 0 Å². The average Bonchev–Trinajstić information content (AvgIpc) is 2.15. The van der Waals surface area contributed by atoms with E-state index in [0.29, 0.717) is 12.6 Å². The SMILES string of the molecule is Cc1ccc(OCCNC(C)C)cn1. The van der Waals surface area contributed by atoms with E-state index in [1.807, 2.05) is 19.1 Å². The van der Waals surface area contributed by atoms with Crippen LogP contribution in [-0.2, 0) is 0 Å². The lowest BCUT2D eigenvalue weighted by molar-refractivity contribution is 0.307. The van der Waals surface area contributed by atoms with Crippen LogP contribution in [0.15, 0.2) is 18.3 Å². The number of nitrogens with one attached hydrogen (secondary N) is 1. The summed E-state index contributed by atoms with van der Waals surface area (Å²) in [4.78, 5) is 4.15. The second-order valence-electron chi connectivity index (χ2n) is 3.59. The topological polar surface area (TPSA) is 34.1 Å². The lowest BCUT2D eigenvalue weighted by atomic mass is 10.4. The summed E-state index contributed by atoms with van der Waals surface area (Å²) >= 11 is 0. The Morgan fingerprint density at radius 2 is 2.21 bits per heavy atom. The lowest BCUT2D eigenvalue weighted by Gasteiger charge is -2.09. The van der Waals surface area contributed by atoms with Crippen LogP contribution in [0, 0.1) is 6.92 Å². The van der Waals surface area contributed by atoms with E-state index in [1.54, 1.807) is 6.20 Å². The van der Waals surface area contributed by atoms with E-state index >= 15 is 0 Å². The van der Waals surface area contributed by atoms with Gasteiger partial charge in [-0.1, -0.05) is 13.8 Å². The number of aromatic nitrogens is 1. The minimum Gasteiger partial charge on any atom is -0.491 e. The highest BCUT2D eigenvalue weighted by molar-refractivity contribution is 5.18.